The van der Waals surface area contributed by atoms with Gasteiger partial charge < -0.3 is 9.47 Å². The fourth-order valence-corrected chi connectivity index (χ4v) is 2.79. The molecule has 0 spiro atoms. The summed E-state index contributed by atoms with van der Waals surface area (Å²) in [5.74, 6) is 0. The van der Waals surface area contributed by atoms with Crippen LogP contribution in [0.15, 0.2) is 0 Å². The minimum atomic E-state index is -0.154. The summed E-state index contributed by atoms with van der Waals surface area (Å²) in [4.78, 5) is 0. The zero-order valence-corrected chi connectivity index (χ0v) is 15.6. The van der Waals surface area contributed by atoms with Crippen LogP contribution < -0.4 is 0 Å². The molecule has 0 aromatic carbocycles. The van der Waals surface area contributed by atoms with E-state index in [1.165, 1.54) is 0 Å². The molecule has 0 amide bonds. The third-order valence-electron chi connectivity index (χ3n) is 3.56. The molecule has 0 fully saturated rings. The minimum absolute atomic E-state index is 0.0307. The summed E-state index contributed by atoms with van der Waals surface area (Å²) in [6, 6.07) is 0. The summed E-state index contributed by atoms with van der Waals surface area (Å²) in [6.07, 6.45) is 3.00. The van der Waals surface area contributed by atoms with E-state index in [1.54, 1.807) is 0 Å². The lowest BCUT2D eigenvalue weighted by atomic mass is 9.83. The van der Waals surface area contributed by atoms with Gasteiger partial charge in [0.2, 0.25) is 0 Å². The average Bonchev–Trinajstić information content (AvgIpc) is 2.10. The standard InChI is InChI=1S/C18H38O2/c1-11-16(5,6)19-13-12-17(7,8)20-18(9,10)14-15(2,3)4/h11-14H2,1-10H3. The van der Waals surface area contributed by atoms with E-state index in [0.29, 0.717) is 0 Å². The lowest BCUT2D eigenvalue weighted by Gasteiger charge is -2.40. The van der Waals surface area contributed by atoms with Crippen molar-refractivity contribution in [2.45, 2.75) is 105 Å². The molecule has 0 bridgehead atoms. The van der Waals surface area contributed by atoms with Crippen LogP contribution in [-0.4, -0.2) is 23.4 Å². The van der Waals surface area contributed by atoms with Gasteiger partial charge in [-0.15, -0.1) is 0 Å². The molecule has 0 aromatic heterocycles. The second-order valence-electron chi connectivity index (χ2n) is 9.07. The Hall–Kier alpha value is -0.0800. The molecule has 0 atom stereocenters. The Bertz CT molecular complexity index is 282. The molecule has 0 radical (unpaired) electrons. The van der Waals surface area contributed by atoms with Crippen molar-refractivity contribution >= 4 is 0 Å². The van der Waals surface area contributed by atoms with Gasteiger partial charge in [-0.2, -0.15) is 0 Å². The Morgan fingerprint density at radius 1 is 0.700 bits per heavy atom. The van der Waals surface area contributed by atoms with Crippen LogP contribution in [0.1, 0.15) is 88.5 Å². The van der Waals surface area contributed by atoms with E-state index in [-0.39, 0.29) is 22.2 Å². The van der Waals surface area contributed by atoms with Gasteiger partial charge in [-0.25, -0.2) is 0 Å². The van der Waals surface area contributed by atoms with E-state index in [0.717, 1.165) is 25.9 Å². The molecule has 20 heavy (non-hydrogen) atoms. The highest BCUT2D eigenvalue weighted by molar-refractivity contribution is 4.82. The Kier molecular flexibility index (Phi) is 6.76. The maximum Gasteiger partial charge on any atom is 0.0655 e. The number of ether oxygens (including phenoxy) is 2. The molecular weight excluding hydrogens is 248 g/mol. The number of hydrogen-bond donors (Lipinski definition) is 0. The van der Waals surface area contributed by atoms with Gasteiger partial charge in [-0.3, -0.25) is 0 Å². The van der Waals surface area contributed by atoms with Gasteiger partial charge in [0.25, 0.3) is 0 Å². The molecule has 0 saturated carbocycles. The summed E-state index contributed by atoms with van der Waals surface area (Å²) in [5, 5.41) is 0. The predicted octanol–water partition coefficient (Wildman–Crippen LogP) is 5.59. The van der Waals surface area contributed by atoms with E-state index in [2.05, 4.69) is 69.2 Å². The maximum absolute atomic E-state index is 6.37. The van der Waals surface area contributed by atoms with Crippen LogP contribution in [0.3, 0.4) is 0 Å². The normalized spacial score (nSPS) is 14.7. The molecule has 0 aliphatic rings. The fourth-order valence-electron chi connectivity index (χ4n) is 2.79. The molecule has 2 nitrogen and oxygen atoms in total. The van der Waals surface area contributed by atoms with E-state index >= 15 is 0 Å². The third kappa shape index (κ3) is 9.77. The maximum atomic E-state index is 6.37. The Balaban J connectivity index is 4.37. The monoisotopic (exact) mass is 286 g/mol. The van der Waals surface area contributed by atoms with Crippen molar-refractivity contribution in [2.75, 3.05) is 6.61 Å². The number of hydrogen-bond acceptors (Lipinski definition) is 2. The van der Waals surface area contributed by atoms with Gasteiger partial charge in [-0.05, 0) is 66.2 Å². The SMILES string of the molecule is CCC(C)(C)OCCC(C)(C)OC(C)(C)CC(C)(C)C. The van der Waals surface area contributed by atoms with Crippen molar-refractivity contribution in [3.8, 4) is 0 Å². The van der Waals surface area contributed by atoms with Crippen molar-refractivity contribution < 1.29 is 9.47 Å². The molecule has 2 heteroatoms. The zero-order chi connectivity index (χ0) is 16.2. The van der Waals surface area contributed by atoms with E-state index in [9.17, 15) is 0 Å². The van der Waals surface area contributed by atoms with Crippen LogP contribution in [0, 0.1) is 5.41 Å². The molecule has 0 rings (SSSR count). The molecule has 0 aliphatic heterocycles. The van der Waals surface area contributed by atoms with Gasteiger partial charge in [0.1, 0.15) is 0 Å². The van der Waals surface area contributed by atoms with Gasteiger partial charge in [-0.1, -0.05) is 27.7 Å². The van der Waals surface area contributed by atoms with Crippen molar-refractivity contribution in [1.82, 2.24) is 0 Å². The van der Waals surface area contributed by atoms with Crippen molar-refractivity contribution in [3.05, 3.63) is 0 Å². The molecule has 0 saturated heterocycles. The lowest BCUT2D eigenvalue weighted by molar-refractivity contribution is -0.151. The summed E-state index contributed by atoms with van der Waals surface area (Å²) in [5.41, 5.74) is -0.0160. The van der Waals surface area contributed by atoms with Crippen LogP contribution in [0.25, 0.3) is 0 Å². The van der Waals surface area contributed by atoms with Crippen LogP contribution in [0.5, 0.6) is 0 Å². The van der Waals surface area contributed by atoms with Crippen molar-refractivity contribution in [3.63, 3.8) is 0 Å². The summed E-state index contributed by atoms with van der Waals surface area (Å²) in [7, 11) is 0. The Morgan fingerprint density at radius 3 is 1.60 bits per heavy atom. The second kappa shape index (κ2) is 6.79. The second-order valence-corrected chi connectivity index (χ2v) is 9.07. The third-order valence-corrected chi connectivity index (χ3v) is 3.56. The van der Waals surface area contributed by atoms with Gasteiger partial charge in [0.05, 0.1) is 23.4 Å². The van der Waals surface area contributed by atoms with Gasteiger partial charge in [0.15, 0.2) is 0 Å². The largest absolute Gasteiger partial charge is 0.375 e. The van der Waals surface area contributed by atoms with Crippen molar-refractivity contribution in [2.24, 2.45) is 5.41 Å². The van der Waals surface area contributed by atoms with Crippen LogP contribution in [0.2, 0.25) is 0 Å². The summed E-state index contributed by atoms with van der Waals surface area (Å²) in [6.45, 7) is 22.7. The average molecular weight is 286 g/mol. The van der Waals surface area contributed by atoms with E-state index in [4.69, 9.17) is 9.47 Å². The molecule has 0 aliphatic carbocycles. The summed E-state index contributed by atoms with van der Waals surface area (Å²) >= 11 is 0. The molecule has 0 heterocycles. The quantitative estimate of drug-likeness (QED) is 0.579. The first-order chi connectivity index (χ1) is 8.68. The fraction of sp³-hybridized carbons (Fsp3) is 1.00. The highest BCUT2D eigenvalue weighted by atomic mass is 16.5. The highest BCUT2D eigenvalue weighted by Crippen LogP contribution is 2.33. The Morgan fingerprint density at radius 2 is 1.20 bits per heavy atom. The molecule has 0 aromatic rings. The van der Waals surface area contributed by atoms with Crippen LogP contribution in [0.4, 0.5) is 0 Å². The molecule has 0 unspecified atom stereocenters. The first-order valence-corrected chi connectivity index (χ1v) is 8.02. The van der Waals surface area contributed by atoms with Gasteiger partial charge in [0, 0.05) is 0 Å². The first kappa shape index (κ1) is 19.9. The minimum Gasteiger partial charge on any atom is -0.375 e. The van der Waals surface area contributed by atoms with E-state index in [1.807, 2.05) is 0 Å². The zero-order valence-electron chi connectivity index (χ0n) is 15.6. The molecule has 0 N–H and O–H groups in total. The first-order valence-electron chi connectivity index (χ1n) is 8.02. The number of rotatable bonds is 8. The topological polar surface area (TPSA) is 18.5 Å². The Labute approximate surface area is 127 Å². The molecule has 122 valence electrons. The predicted molar refractivity (Wildman–Crippen MR) is 88.3 cm³/mol. The van der Waals surface area contributed by atoms with Crippen molar-refractivity contribution in [1.29, 1.82) is 0 Å². The lowest BCUT2D eigenvalue weighted by Crippen LogP contribution is -2.40. The van der Waals surface area contributed by atoms with Crippen LogP contribution in [-0.2, 0) is 9.47 Å². The highest BCUT2D eigenvalue weighted by Gasteiger charge is 2.32. The smallest absolute Gasteiger partial charge is 0.0655 e. The van der Waals surface area contributed by atoms with Gasteiger partial charge >= 0.3 is 0 Å². The molecular formula is C18H38O2. The summed E-state index contributed by atoms with van der Waals surface area (Å²) < 4.78 is 12.3. The van der Waals surface area contributed by atoms with Crippen LogP contribution >= 0.6 is 0 Å². The van der Waals surface area contributed by atoms with E-state index < -0.39 is 0 Å².